The Morgan fingerprint density at radius 2 is 1.92 bits per heavy atom. The molecule has 0 saturated carbocycles. The van der Waals surface area contributed by atoms with Gasteiger partial charge in [0.25, 0.3) is 0 Å². The van der Waals surface area contributed by atoms with Crippen LogP contribution in [0.25, 0.3) is 11.3 Å². The van der Waals surface area contributed by atoms with Gasteiger partial charge in [-0.1, -0.05) is 12.1 Å². The Morgan fingerprint density at radius 3 is 2.65 bits per heavy atom. The molecule has 0 atom stereocenters. The number of hydrogen-bond donors (Lipinski definition) is 1. The molecule has 0 aliphatic heterocycles. The Bertz CT molecular complexity index is 847. The van der Waals surface area contributed by atoms with Crippen molar-refractivity contribution >= 4 is 5.95 Å². The summed E-state index contributed by atoms with van der Waals surface area (Å²) in [5.41, 5.74) is 2.91. The minimum atomic E-state index is -0.256. The minimum absolute atomic E-state index is 0.256. The van der Waals surface area contributed by atoms with Gasteiger partial charge < -0.3 is 19.4 Å². The Kier molecular flexibility index (Phi) is 5.86. The van der Waals surface area contributed by atoms with Crippen LogP contribution in [0.15, 0.2) is 54.7 Å². The van der Waals surface area contributed by atoms with Crippen LogP contribution in [0.1, 0.15) is 5.56 Å². The summed E-state index contributed by atoms with van der Waals surface area (Å²) in [6, 6.07) is 14.3. The number of nitrogens with zero attached hydrogens (tertiary/aromatic N) is 2. The highest BCUT2D eigenvalue weighted by Crippen LogP contribution is 2.24. The maximum atomic E-state index is 13.2. The van der Waals surface area contributed by atoms with Crippen molar-refractivity contribution in [3.63, 3.8) is 0 Å². The second kappa shape index (κ2) is 8.49. The number of halogens is 1. The molecule has 0 aliphatic carbocycles. The summed E-state index contributed by atoms with van der Waals surface area (Å²) in [5.74, 6) is 1.30. The van der Waals surface area contributed by atoms with E-state index in [1.54, 1.807) is 32.5 Å². The van der Waals surface area contributed by atoms with Crippen molar-refractivity contribution in [2.24, 2.45) is 0 Å². The Labute approximate surface area is 152 Å². The molecule has 6 heteroatoms. The molecule has 0 spiro atoms. The summed E-state index contributed by atoms with van der Waals surface area (Å²) < 4.78 is 25.7. The molecule has 0 aliphatic rings. The molecular weight excluding hydrogens is 333 g/mol. The molecule has 0 bridgehead atoms. The molecule has 1 aromatic heterocycles. The maximum absolute atomic E-state index is 13.2. The van der Waals surface area contributed by atoms with Gasteiger partial charge in [0, 0.05) is 25.8 Å². The number of methoxy groups -OCH3 is 2. The van der Waals surface area contributed by atoms with Crippen LogP contribution in [-0.2, 0) is 17.8 Å². The number of anilines is 1. The van der Waals surface area contributed by atoms with E-state index in [2.05, 4.69) is 10.3 Å². The lowest BCUT2D eigenvalue weighted by Gasteiger charge is -2.13. The van der Waals surface area contributed by atoms with Gasteiger partial charge in [0.05, 0.1) is 25.6 Å². The highest BCUT2D eigenvalue weighted by atomic mass is 19.1. The molecule has 0 saturated heterocycles. The van der Waals surface area contributed by atoms with Crippen LogP contribution in [-0.4, -0.2) is 30.4 Å². The molecule has 5 nitrogen and oxygen atoms in total. The van der Waals surface area contributed by atoms with Crippen molar-refractivity contribution in [3.8, 4) is 17.0 Å². The molecule has 0 amide bonds. The number of ether oxygens (including phenoxy) is 2. The van der Waals surface area contributed by atoms with Gasteiger partial charge in [-0.25, -0.2) is 9.37 Å². The molecule has 1 N–H and O–H groups in total. The molecule has 3 rings (SSSR count). The number of benzene rings is 2. The highest BCUT2D eigenvalue weighted by molar-refractivity contribution is 5.61. The first-order chi connectivity index (χ1) is 12.7. The van der Waals surface area contributed by atoms with Gasteiger partial charge in [0.2, 0.25) is 5.95 Å². The van der Waals surface area contributed by atoms with Crippen LogP contribution in [0, 0.1) is 5.82 Å². The van der Waals surface area contributed by atoms with Crippen LogP contribution in [0.3, 0.4) is 0 Å². The van der Waals surface area contributed by atoms with Gasteiger partial charge in [-0.15, -0.1) is 0 Å². The van der Waals surface area contributed by atoms with Gasteiger partial charge in [-0.05, 0) is 42.0 Å². The fraction of sp³-hybridized carbons (Fsp3) is 0.250. The molecule has 3 aromatic rings. The van der Waals surface area contributed by atoms with Crippen molar-refractivity contribution in [2.45, 2.75) is 13.1 Å². The van der Waals surface area contributed by atoms with Crippen molar-refractivity contribution < 1.29 is 13.9 Å². The molecule has 26 heavy (non-hydrogen) atoms. The van der Waals surface area contributed by atoms with Gasteiger partial charge >= 0.3 is 0 Å². The van der Waals surface area contributed by atoms with Gasteiger partial charge in [0.15, 0.2) is 0 Å². The summed E-state index contributed by atoms with van der Waals surface area (Å²) in [5, 5.41) is 3.36. The van der Waals surface area contributed by atoms with E-state index in [9.17, 15) is 4.39 Å². The zero-order valence-electron chi connectivity index (χ0n) is 14.9. The van der Waals surface area contributed by atoms with Crippen molar-refractivity contribution in [3.05, 3.63) is 66.1 Å². The van der Waals surface area contributed by atoms with E-state index in [1.165, 1.54) is 12.1 Å². The average Bonchev–Trinajstić information content (AvgIpc) is 3.08. The van der Waals surface area contributed by atoms with E-state index in [1.807, 2.05) is 28.8 Å². The summed E-state index contributed by atoms with van der Waals surface area (Å²) >= 11 is 0. The topological polar surface area (TPSA) is 48.3 Å². The van der Waals surface area contributed by atoms with Crippen LogP contribution in [0.4, 0.5) is 10.3 Å². The van der Waals surface area contributed by atoms with Gasteiger partial charge in [-0.3, -0.25) is 0 Å². The van der Waals surface area contributed by atoms with Crippen LogP contribution >= 0.6 is 0 Å². The molecule has 0 fully saturated rings. The fourth-order valence-electron chi connectivity index (χ4n) is 2.74. The predicted molar refractivity (Wildman–Crippen MR) is 99.8 cm³/mol. The zero-order valence-corrected chi connectivity index (χ0v) is 14.9. The smallest absolute Gasteiger partial charge is 0.203 e. The van der Waals surface area contributed by atoms with Crippen LogP contribution in [0.5, 0.6) is 5.75 Å². The van der Waals surface area contributed by atoms with Crippen molar-refractivity contribution in [1.82, 2.24) is 9.55 Å². The lowest BCUT2D eigenvalue weighted by Crippen LogP contribution is -2.11. The summed E-state index contributed by atoms with van der Waals surface area (Å²) in [6.45, 7) is 1.81. The quantitative estimate of drug-likeness (QED) is 0.664. The van der Waals surface area contributed by atoms with E-state index in [-0.39, 0.29) is 5.82 Å². The molecule has 136 valence electrons. The first-order valence-corrected chi connectivity index (χ1v) is 8.38. The molecule has 0 unspecified atom stereocenters. The first kappa shape index (κ1) is 17.9. The predicted octanol–water partition coefficient (Wildman–Crippen LogP) is 3.96. The average molecular weight is 355 g/mol. The summed E-state index contributed by atoms with van der Waals surface area (Å²) in [4.78, 5) is 4.50. The van der Waals surface area contributed by atoms with Crippen molar-refractivity contribution in [1.29, 1.82) is 0 Å². The standard InChI is InChI=1S/C20H22FN3O2/c1-25-11-10-24-19(16-6-8-17(21)9-7-16)14-23-20(24)22-13-15-4-3-5-18(12-15)26-2/h3-9,12,14H,10-11,13H2,1-2H3,(H,22,23). The molecule has 0 radical (unpaired) electrons. The fourth-order valence-corrected chi connectivity index (χ4v) is 2.74. The lowest BCUT2D eigenvalue weighted by atomic mass is 10.1. The number of aromatic nitrogens is 2. The van der Waals surface area contributed by atoms with E-state index in [0.29, 0.717) is 19.7 Å². The number of nitrogens with one attached hydrogen (secondary N) is 1. The van der Waals surface area contributed by atoms with Crippen LogP contribution < -0.4 is 10.1 Å². The normalized spacial score (nSPS) is 10.7. The Hall–Kier alpha value is -2.86. The van der Waals surface area contributed by atoms with Crippen LogP contribution in [0.2, 0.25) is 0 Å². The highest BCUT2D eigenvalue weighted by Gasteiger charge is 2.12. The Balaban J connectivity index is 1.82. The number of imidazole rings is 1. The van der Waals surface area contributed by atoms with E-state index in [0.717, 1.165) is 28.5 Å². The first-order valence-electron chi connectivity index (χ1n) is 8.38. The molecule has 1 heterocycles. The van der Waals surface area contributed by atoms with Crippen molar-refractivity contribution in [2.75, 3.05) is 26.1 Å². The lowest BCUT2D eigenvalue weighted by molar-refractivity contribution is 0.188. The van der Waals surface area contributed by atoms with Gasteiger partial charge in [0.1, 0.15) is 11.6 Å². The second-order valence-corrected chi connectivity index (χ2v) is 5.82. The summed E-state index contributed by atoms with van der Waals surface area (Å²) in [7, 11) is 3.32. The largest absolute Gasteiger partial charge is 0.497 e. The summed E-state index contributed by atoms with van der Waals surface area (Å²) in [6.07, 6.45) is 1.79. The van der Waals surface area contributed by atoms with E-state index in [4.69, 9.17) is 9.47 Å². The maximum Gasteiger partial charge on any atom is 0.203 e. The van der Waals surface area contributed by atoms with Gasteiger partial charge in [-0.2, -0.15) is 0 Å². The minimum Gasteiger partial charge on any atom is -0.497 e. The monoisotopic (exact) mass is 355 g/mol. The third kappa shape index (κ3) is 4.21. The third-order valence-corrected chi connectivity index (χ3v) is 4.10. The third-order valence-electron chi connectivity index (χ3n) is 4.10. The molecule has 2 aromatic carbocycles. The zero-order chi connectivity index (χ0) is 18.4. The SMILES string of the molecule is COCCn1c(-c2ccc(F)cc2)cnc1NCc1cccc(OC)c1. The van der Waals surface area contributed by atoms with E-state index < -0.39 is 0 Å². The second-order valence-electron chi connectivity index (χ2n) is 5.82. The van der Waals surface area contributed by atoms with E-state index >= 15 is 0 Å². The molecular formula is C20H22FN3O2. The number of rotatable bonds is 8. The Morgan fingerprint density at radius 1 is 1.12 bits per heavy atom. The number of hydrogen-bond acceptors (Lipinski definition) is 4.